The van der Waals surface area contributed by atoms with Crippen molar-refractivity contribution in [2.45, 2.75) is 44.6 Å². The number of rotatable bonds is 7. The van der Waals surface area contributed by atoms with E-state index in [0.29, 0.717) is 43.2 Å². The van der Waals surface area contributed by atoms with E-state index in [-0.39, 0.29) is 29.1 Å². The highest BCUT2D eigenvalue weighted by molar-refractivity contribution is 5.99. The molecular formula is C22H23FN6O4. The van der Waals surface area contributed by atoms with Gasteiger partial charge in [0.15, 0.2) is 18.1 Å². The Hall–Kier alpha value is -3.63. The number of hydrogen-bond acceptors (Lipinski definition) is 8. The molecule has 33 heavy (non-hydrogen) atoms. The third-order valence-corrected chi connectivity index (χ3v) is 6.46. The minimum Gasteiger partial charge on any atom is -0.480 e. The zero-order valence-corrected chi connectivity index (χ0v) is 17.9. The van der Waals surface area contributed by atoms with Gasteiger partial charge in [-0.05, 0) is 54.5 Å². The number of halogens is 1. The number of ketones is 1. The summed E-state index contributed by atoms with van der Waals surface area (Å²) in [7, 11) is 0. The molecule has 1 N–H and O–H groups in total. The lowest BCUT2D eigenvalue weighted by molar-refractivity contribution is -0.138. The molecule has 3 aromatic rings. The Kier molecular flexibility index (Phi) is 5.61. The molecule has 1 aromatic carbocycles. The molecule has 2 aliphatic rings. The lowest BCUT2D eigenvalue weighted by atomic mass is 9.76. The quantitative estimate of drug-likeness (QED) is 0.536. The molecule has 10 nitrogen and oxygen atoms in total. The number of piperidine rings is 1. The van der Waals surface area contributed by atoms with Gasteiger partial charge in [0.05, 0.1) is 0 Å². The van der Waals surface area contributed by atoms with Gasteiger partial charge in [-0.1, -0.05) is 17.6 Å². The lowest BCUT2D eigenvalue weighted by Gasteiger charge is -2.32. The summed E-state index contributed by atoms with van der Waals surface area (Å²) in [6.07, 6.45) is 4.53. The molecule has 0 amide bonds. The van der Waals surface area contributed by atoms with Crippen LogP contribution in [0.4, 0.5) is 10.2 Å². The van der Waals surface area contributed by atoms with E-state index >= 15 is 0 Å². The second-order valence-electron chi connectivity index (χ2n) is 8.57. The zero-order chi connectivity index (χ0) is 22.9. The summed E-state index contributed by atoms with van der Waals surface area (Å²) in [4.78, 5) is 27.0. The molecule has 2 fully saturated rings. The Labute approximate surface area is 188 Å². The Morgan fingerprint density at radius 2 is 1.94 bits per heavy atom. The molecule has 0 unspecified atom stereocenters. The molecule has 1 saturated heterocycles. The first-order valence-electron chi connectivity index (χ1n) is 11.0. The number of carbonyl (C=O) groups is 2. The standard InChI is InChI=1S/C22H23FN6O4/c23-15-4-5-16(13-2-1-3-13)17(10-15)21(32)14-6-8-28(9-7-14)19-11-18(33-26-19)22-24-27-29(25-22)12-20(30)31/h4-5,10-11,13-14H,1-3,6-9,12H2,(H,30,31). The highest BCUT2D eigenvalue weighted by atomic mass is 19.1. The Balaban J connectivity index is 1.24. The van der Waals surface area contributed by atoms with E-state index in [4.69, 9.17) is 9.63 Å². The fourth-order valence-electron chi connectivity index (χ4n) is 4.46. The molecule has 1 aliphatic heterocycles. The number of anilines is 1. The highest BCUT2D eigenvalue weighted by Crippen LogP contribution is 2.39. The summed E-state index contributed by atoms with van der Waals surface area (Å²) in [5, 5.41) is 24.3. The number of aliphatic carboxylic acids is 1. The van der Waals surface area contributed by atoms with Gasteiger partial charge >= 0.3 is 5.97 Å². The molecular weight excluding hydrogens is 431 g/mol. The van der Waals surface area contributed by atoms with Crippen LogP contribution in [0.1, 0.15) is 53.9 Å². The van der Waals surface area contributed by atoms with Crippen molar-refractivity contribution in [1.29, 1.82) is 0 Å². The molecule has 0 atom stereocenters. The highest BCUT2D eigenvalue weighted by Gasteiger charge is 2.31. The Morgan fingerprint density at radius 3 is 2.64 bits per heavy atom. The summed E-state index contributed by atoms with van der Waals surface area (Å²) in [5.41, 5.74) is 1.53. The van der Waals surface area contributed by atoms with E-state index in [1.165, 1.54) is 12.1 Å². The topological polar surface area (TPSA) is 127 Å². The van der Waals surface area contributed by atoms with Crippen molar-refractivity contribution in [3.05, 3.63) is 41.2 Å². The van der Waals surface area contributed by atoms with Gasteiger partial charge in [-0.25, -0.2) is 4.39 Å². The van der Waals surface area contributed by atoms with Crippen molar-refractivity contribution in [2.75, 3.05) is 18.0 Å². The van der Waals surface area contributed by atoms with Gasteiger partial charge < -0.3 is 14.5 Å². The maximum atomic E-state index is 13.9. The number of carboxylic acids is 1. The molecule has 0 spiro atoms. The van der Waals surface area contributed by atoms with Crippen LogP contribution in [0.5, 0.6) is 0 Å². The molecule has 0 radical (unpaired) electrons. The fourth-order valence-corrected chi connectivity index (χ4v) is 4.46. The molecule has 1 saturated carbocycles. The molecule has 5 rings (SSSR count). The van der Waals surface area contributed by atoms with E-state index in [2.05, 4.69) is 20.6 Å². The van der Waals surface area contributed by atoms with Crippen molar-refractivity contribution < 1.29 is 23.6 Å². The normalized spacial score (nSPS) is 17.2. The van der Waals surface area contributed by atoms with Gasteiger partial charge in [0.25, 0.3) is 0 Å². The van der Waals surface area contributed by atoms with E-state index < -0.39 is 12.5 Å². The molecule has 2 aromatic heterocycles. The molecule has 172 valence electrons. The van der Waals surface area contributed by atoms with Crippen LogP contribution in [0.2, 0.25) is 0 Å². The number of carbonyl (C=O) groups excluding carboxylic acids is 1. The number of nitrogens with zero attached hydrogens (tertiary/aromatic N) is 6. The molecule has 11 heteroatoms. The predicted octanol–water partition coefficient (Wildman–Crippen LogP) is 2.92. The summed E-state index contributed by atoms with van der Waals surface area (Å²) in [5.74, 6) is -0.205. The number of carboxylic acid groups (broad SMARTS) is 1. The number of benzene rings is 1. The zero-order valence-electron chi connectivity index (χ0n) is 17.9. The molecule has 0 bridgehead atoms. The maximum absolute atomic E-state index is 13.9. The fraction of sp³-hybridized carbons (Fsp3) is 0.455. The van der Waals surface area contributed by atoms with Crippen molar-refractivity contribution >= 4 is 17.6 Å². The Bertz CT molecular complexity index is 1180. The van der Waals surface area contributed by atoms with Gasteiger partial charge in [-0.3, -0.25) is 9.59 Å². The SMILES string of the molecule is O=C(O)Cn1nnc(-c2cc(N3CCC(C(=O)c4cc(F)ccc4C4CCC4)CC3)no2)n1. The van der Waals surface area contributed by atoms with Crippen LogP contribution < -0.4 is 4.90 Å². The van der Waals surface area contributed by atoms with E-state index in [1.54, 1.807) is 12.1 Å². The van der Waals surface area contributed by atoms with E-state index in [9.17, 15) is 14.0 Å². The summed E-state index contributed by atoms with van der Waals surface area (Å²) < 4.78 is 19.2. The number of tetrazole rings is 1. The first kappa shape index (κ1) is 21.2. The third kappa shape index (κ3) is 4.35. The smallest absolute Gasteiger partial charge is 0.327 e. The van der Waals surface area contributed by atoms with Gasteiger partial charge in [0.2, 0.25) is 11.6 Å². The van der Waals surface area contributed by atoms with Crippen LogP contribution >= 0.6 is 0 Å². The van der Waals surface area contributed by atoms with Gasteiger partial charge in [-0.15, -0.1) is 10.2 Å². The average Bonchev–Trinajstić information content (AvgIpc) is 3.43. The van der Waals surface area contributed by atoms with Crippen molar-refractivity contribution in [2.24, 2.45) is 5.92 Å². The number of aromatic nitrogens is 5. The second kappa shape index (κ2) is 8.72. The largest absolute Gasteiger partial charge is 0.480 e. The van der Waals surface area contributed by atoms with Gasteiger partial charge in [0, 0.05) is 30.6 Å². The van der Waals surface area contributed by atoms with Crippen LogP contribution in [0, 0.1) is 11.7 Å². The first-order chi connectivity index (χ1) is 16.0. The molecule has 3 heterocycles. The van der Waals surface area contributed by atoms with Crippen LogP contribution in [0.25, 0.3) is 11.6 Å². The minimum absolute atomic E-state index is 0.0242. The monoisotopic (exact) mass is 454 g/mol. The summed E-state index contributed by atoms with van der Waals surface area (Å²) in [6.45, 7) is 0.814. The Morgan fingerprint density at radius 1 is 1.15 bits per heavy atom. The average molecular weight is 454 g/mol. The van der Waals surface area contributed by atoms with Gasteiger partial charge in [0.1, 0.15) is 5.82 Å². The van der Waals surface area contributed by atoms with Crippen LogP contribution in [0.15, 0.2) is 28.8 Å². The van der Waals surface area contributed by atoms with Crippen LogP contribution in [-0.2, 0) is 11.3 Å². The first-order valence-corrected chi connectivity index (χ1v) is 11.0. The summed E-state index contributed by atoms with van der Waals surface area (Å²) in [6, 6.07) is 6.30. The number of Topliss-reactive ketones (excluding diaryl/α,β-unsaturated/α-hetero) is 1. The predicted molar refractivity (Wildman–Crippen MR) is 113 cm³/mol. The van der Waals surface area contributed by atoms with Crippen LogP contribution in [-0.4, -0.2) is 55.3 Å². The van der Waals surface area contributed by atoms with E-state index in [1.807, 2.05) is 4.90 Å². The van der Waals surface area contributed by atoms with Gasteiger partial charge in [-0.2, -0.15) is 4.80 Å². The number of hydrogen-bond donors (Lipinski definition) is 1. The lowest BCUT2D eigenvalue weighted by Crippen LogP contribution is -2.37. The van der Waals surface area contributed by atoms with Crippen LogP contribution in [0.3, 0.4) is 0 Å². The van der Waals surface area contributed by atoms with Crippen molar-refractivity contribution in [3.8, 4) is 11.6 Å². The third-order valence-electron chi connectivity index (χ3n) is 6.46. The van der Waals surface area contributed by atoms with E-state index in [0.717, 1.165) is 29.6 Å². The second-order valence-corrected chi connectivity index (χ2v) is 8.57. The van der Waals surface area contributed by atoms with Crippen molar-refractivity contribution in [1.82, 2.24) is 25.4 Å². The summed E-state index contributed by atoms with van der Waals surface area (Å²) >= 11 is 0. The molecule has 1 aliphatic carbocycles. The van der Waals surface area contributed by atoms with Crippen molar-refractivity contribution in [3.63, 3.8) is 0 Å². The maximum Gasteiger partial charge on any atom is 0.327 e. The minimum atomic E-state index is -1.08.